The van der Waals surface area contributed by atoms with E-state index in [2.05, 4.69) is 42.2 Å². The van der Waals surface area contributed by atoms with Crippen LogP contribution in [-0.2, 0) is 19.6 Å². The lowest BCUT2D eigenvalue weighted by Gasteiger charge is -2.11. The van der Waals surface area contributed by atoms with Crippen LogP contribution in [0.15, 0.2) is 61.2 Å². The zero-order chi connectivity index (χ0) is 14.2. The lowest BCUT2D eigenvalue weighted by Crippen LogP contribution is -2.06. The summed E-state index contributed by atoms with van der Waals surface area (Å²) in [7, 11) is 1.95. The molecule has 2 aromatic rings. The van der Waals surface area contributed by atoms with Gasteiger partial charge in [0.05, 0.1) is 0 Å². The summed E-state index contributed by atoms with van der Waals surface area (Å²) in [6.45, 7) is 5.25. The van der Waals surface area contributed by atoms with Gasteiger partial charge in [-0.15, -0.1) is 6.58 Å². The van der Waals surface area contributed by atoms with Gasteiger partial charge in [0.1, 0.15) is 12.4 Å². The minimum absolute atomic E-state index is 0.589. The van der Waals surface area contributed by atoms with Crippen LogP contribution in [0.3, 0.4) is 0 Å². The highest BCUT2D eigenvalue weighted by Gasteiger charge is 2.02. The van der Waals surface area contributed by atoms with E-state index in [1.54, 1.807) is 0 Å². The van der Waals surface area contributed by atoms with Gasteiger partial charge in [-0.2, -0.15) is 0 Å². The average molecular weight is 267 g/mol. The van der Waals surface area contributed by atoms with Crippen molar-refractivity contribution in [2.24, 2.45) is 0 Å². The van der Waals surface area contributed by atoms with Gasteiger partial charge in [-0.25, -0.2) is 0 Å². The molecule has 0 aliphatic rings. The summed E-state index contributed by atoms with van der Waals surface area (Å²) in [6, 6.07) is 16.6. The van der Waals surface area contributed by atoms with Crippen LogP contribution in [0.1, 0.15) is 16.7 Å². The number of para-hydroxylation sites is 1. The van der Waals surface area contributed by atoms with E-state index in [1.807, 2.05) is 31.3 Å². The van der Waals surface area contributed by atoms with E-state index in [1.165, 1.54) is 16.7 Å². The fourth-order valence-electron chi connectivity index (χ4n) is 2.16. The molecule has 0 saturated heterocycles. The molecule has 0 unspecified atom stereocenters. The van der Waals surface area contributed by atoms with Crippen molar-refractivity contribution in [2.45, 2.75) is 19.6 Å². The molecule has 0 aliphatic carbocycles. The maximum atomic E-state index is 5.94. The number of nitrogens with one attached hydrogen (secondary N) is 1. The highest BCUT2D eigenvalue weighted by Crippen LogP contribution is 2.20. The van der Waals surface area contributed by atoms with Crippen molar-refractivity contribution >= 4 is 0 Å². The minimum Gasteiger partial charge on any atom is -0.489 e. The molecule has 0 saturated carbocycles. The van der Waals surface area contributed by atoms with E-state index in [0.29, 0.717) is 6.61 Å². The molecule has 2 nitrogen and oxygen atoms in total. The quantitative estimate of drug-likeness (QED) is 0.772. The monoisotopic (exact) mass is 267 g/mol. The number of benzene rings is 2. The van der Waals surface area contributed by atoms with E-state index in [-0.39, 0.29) is 0 Å². The van der Waals surface area contributed by atoms with Crippen LogP contribution in [0.2, 0.25) is 0 Å². The van der Waals surface area contributed by atoms with Gasteiger partial charge in [0.2, 0.25) is 0 Å². The van der Waals surface area contributed by atoms with E-state index >= 15 is 0 Å². The molecule has 0 fully saturated rings. The first-order valence-electron chi connectivity index (χ1n) is 6.87. The highest BCUT2D eigenvalue weighted by atomic mass is 16.5. The standard InChI is InChI=1S/C18H21NO/c1-3-7-17-10-4-5-11-18(17)20-14-16-9-6-8-15(12-16)13-19-2/h3-6,8-12,19H,1,7,13-14H2,2H3. The molecule has 2 rings (SSSR count). The second-order valence-corrected chi connectivity index (χ2v) is 4.74. The molecule has 20 heavy (non-hydrogen) atoms. The van der Waals surface area contributed by atoms with Crippen LogP contribution < -0.4 is 10.1 Å². The van der Waals surface area contributed by atoms with E-state index < -0.39 is 0 Å². The number of allylic oxidation sites excluding steroid dienone is 1. The highest BCUT2D eigenvalue weighted by molar-refractivity contribution is 5.35. The number of hydrogen-bond acceptors (Lipinski definition) is 2. The summed E-state index contributed by atoms with van der Waals surface area (Å²) >= 11 is 0. The van der Waals surface area contributed by atoms with Crippen molar-refractivity contribution in [1.82, 2.24) is 5.32 Å². The molecular formula is C18H21NO. The molecule has 2 heteroatoms. The molecule has 2 aromatic carbocycles. The number of hydrogen-bond donors (Lipinski definition) is 1. The third-order valence-corrected chi connectivity index (χ3v) is 3.10. The van der Waals surface area contributed by atoms with Gasteiger partial charge < -0.3 is 10.1 Å². The topological polar surface area (TPSA) is 21.3 Å². The Hall–Kier alpha value is -2.06. The molecule has 0 aromatic heterocycles. The Labute approximate surface area is 121 Å². The third-order valence-electron chi connectivity index (χ3n) is 3.10. The Bertz CT molecular complexity index is 563. The smallest absolute Gasteiger partial charge is 0.123 e. The predicted octanol–water partition coefficient (Wildman–Crippen LogP) is 3.71. The molecule has 0 aliphatic heterocycles. The van der Waals surface area contributed by atoms with Crippen LogP contribution in [0, 0.1) is 0 Å². The van der Waals surface area contributed by atoms with Gasteiger partial charge in [0.25, 0.3) is 0 Å². The summed E-state index contributed by atoms with van der Waals surface area (Å²) in [5.41, 5.74) is 3.63. The van der Waals surface area contributed by atoms with Crippen LogP contribution in [-0.4, -0.2) is 7.05 Å². The molecule has 0 heterocycles. The van der Waals surface area contributed by atoms with Crippen molar-refractivity contribution in [3.63, 3.8) is 0 Å². The molecule has 0 amide bonds. The zero-order valence-electron chi connectivity index (χ0n) is 11.9. The maximum absolute atomic E-state index is 5.94. The molecule has 0 spiro atoms. The molecule has 0 radical (unpaired) electrons. The van der Waals surface area contributed by atoms with Gasteiger partial charge in [-0.1, -0.05) is 48.5 Å². The molecular weight excluding hydrogens is 246 g/mol. The predicted molar refractivity (Wildman–Crippen MR) is 83.9 cm³/mol. The summed E-state index contributed by atoms with van der Waals surface area (Å²) in [5.74, 6) is 0.936. The lowest BCUT2D eigenvalue weighted by molar-refractivity contribution is 0.303. The minimum atomic E-state index is 0.589. The number of ether oxygens (including phenoxy) is 1. The third kappa shape index (κ3) is 3.97. The average Bonchev–Trinajstić information content (AvgIpc) is 2.47. The lowest BCUT2D eigenvalue weighted by atomic mass is 10.1. The van der Waals surface area contributed by atoms with Gasteiger partial charge in [0, 0.05) is 6.54 Å². The first-order valence-corrected chi connectivity index (χ1v) is 6.87. The first kappa shape index (κ1) is 14.4. The fourth-order valence-corrected chi connectivity index (χ4v) is 2.16. The molecule has 104 valence electrons. The SMILES string of the molecule is C=CCc1ccccc1OCc1cccc(CNC)c1. The van der Waals surface area contributed by atoms with Crippen molar-refractivity contribution in [3.8, 4) is 5.75 Å². The van der Waals surface area contributed by atoms with Crippen LogP contribution >= 0.6 is 0 Å². The Morgan fingerprint density at radius 3 is 2.70 bits per heavy atom. The van der Waals surface area contributed by atoms with E-state index in [9.17, 15) is 0 Å². The Morgan fingerprint density at radius 1 is 1.10 bits per heavy atom. The molecule has 0 atom stereocenters. The van der Waals surface area contributed by atoms with Gasteiger partial charge in [-0.3, -0.25) is 0 Å². The summed E-state index contributed by atoms with van der Waals surface area (Å²) in [5, 5.41) is 3.16. The van der Waals surface area contributed by atoms with Gasteiger partial charge in [-0.05, 0) is 36.2 Å². The first-order chi connectivity index (χ1) is 9.83. The fraction of sp³-hybridized carbons (Fsp3) is 0.222. The summed E-state index contributed by atoms with van der Waals surface area (Å²) in [6.07, 6.45) is 2.73. The van der Waals surface area contributed by atoms with Crippen molar-refractivity contribution < 1.29 is 4.74 Å². The van der Waals surface area contributed by atoms with Gasteiger partial charge >= 0.3 is 0 Å². The zero-order valence-corrected chi connectivity index (χ0v) is 11.9. The Kier molecular flexibility index (Phi) is 5.39. The van der Waals surface area contributed by atoms with Crippen molar-refractivity contribution in [1.29, 1.82) is 0 Å². The number of rotatable bonds is 7. The van der Waals surface area contributed by atoms with Gasteiger partial charge in [0.15, 0.2) is 0 Å². The van der Waals surface area contributed by atoms with E-state index in [0.717, 1.165) is 18.7 Å². The second kappa shape index (κ2) is 7.51. The van der Waals surface area contributed by atoms with Crippen molar-refractivity contribution in [3.05, 3.63) is 77.9 Å². The van der Waals surface area contributed by atoms with Crippen LogP contribution in [0.4, 0.5) is 0 Å². The largest absolute Gasteiger partial charge is 0.489 e. The Morgan fingerprint density at radius 2 is 1.90 bits per heavy atom. The normalized spacial score (nSPS) is 10.2. The second-order valence-electron chi connectivity index (χ2n) is 4.74. The maximum Gasteiger partial charge on any atom is 0.123 e. The van der Waals surface area contributed by atoms with E-state index in [4.69, 9.17) is 4.74 Å². The van der Waals surface area contributed by atoms with Crippen LogP contribution in [0.25, 0.3) is 0 Å². The summed E-state index contributed by atoms with van der Waals surface area (Å²) in [4.78, 5) is 0. The molecule has 0 bridgehead atoms. The summed E-state index contributed by atoms with van der Waals surface area (Å²) < 4.78 is 5.94. The van der Waals surface area contributed by atoms with Crippen LogP contribution in [0.5, 0.6) is 5.75 Å². The molecule has 1 N–H and O–H groups in total. The Balaban J connectivity index is 2.04. The van der Waals surface area contributed by atoms with Crippen molar-refractivity contribution in [2.75, 3.05) is 7.05 Å².